The van der Waals surface area contributed by atoms with Crippen LogP contribution in [0.25, 0.3) is 0 Å². The summed E-state index contributed by atoms with van der Waals surface area (Å²) in [6, 6.07) is 0. The van der Waals surface area contributed by atoms with Crippen LogP contribution < -0.4 is 5.23 Å². The van der Waals surface area contributed by atoms with Crippen LogP contribution in [-0.4, -0.2) is 54.4 Å². The van der Waals surface area contributed by atoms with E-state index in [0.717, 1.165) is 19.5 Å². The van der Waals surface area contributed by atoms with E-state index in [1.807, 2.05) is 7.05 Å². The third-order valence-corrected chi connectivity index (χ3v) is 2.36. The molecular formula is C7H17BN2O2. The smallest absolute Gasteiger partial charge is 0.374 e. The van der Waals surface area contributed by atoms with Crippen LogP contribution in [0.2, 0.25) is 6.82 Å². The van der Waals surface area contributed by atoms with Crippen molar-refractivity contribution < 1.29 is 10.1 Å². The second kappa shape index (κ2) is 3.74. The second-order valence-electron chi connectivity index (χ2n) is 3.75. The number of aliphatic hydroxyl groups excluding tert-OH is 1. The van der Waals surface area contributed by atoms with Gasteiger partial charge in [-0.1, -0.05) is 0 Å². The third kappa shape index (κ3) is 2.20. The van der Waals surface area contributed by atoms with E-state index in [9.17, 15) is 5.11 Å². The Hall–Kier alpha value is -0.0951. The molecule has 1 atom stereocenters. The average molecular weight is 172 g/mol. The lowest BCUT2D eigenvalue weighted by Crippen LogP contribution is -2.55. The van der Waals surface area contributed by atoms with Gasteiger partial charge in [-0.05, 0) is 26.8 Å². The predicted octanol–water partition coefficient (Wildman–Crippen LogP) is -1.25. The Balaban J connectivity index is 2.52. The van der Waals surface area contributed by atoms with Gasteiger partial charge in [0.25, 0.3) is 0 Å². The molecule has 0 saturated carbocycles. The Kier molecular flexibility index (Phi) is 3.12. The van der Waals surface area contributed by atoms with Crippen LogP contribution in [0.15, 0.2) is 0 Å². The quantitative estimate of drug-likeness (QED) is 0.466. The standard InChI is InChI=1S/C7H17BN2O2/c1-8(12)9-7(6-11)3-4-10(2)5-7/h9,11-12H,3-6H2,1-2H3/t7-/m1/s1. The summed E-state index contributed by atoms with van der Waals surface area (Å²) in [7, 11) is 1.46. The van der Waals surface area contributed by atoms with E-state index < -0.39 is 7.05 Å². The maximum atomic E-state index is 9.18. The highest BCUT2D eigenvalue weighted by atomic mass is 16.3. The van der Waals surface area contributed by atoms with E-state index in [1.54, 1.807) is 6.82 Å². The first kappa shape index (κ1) is 9.99. The van der Waals surface area contributed by atoms with Gasteiger partial charge in [0.2, 0.25) is 0 Å². The van der Waals surface area contributed by atoms with Gasteiger partial charge in [-0.3, -0.25) is 0 Å². The van der Waals surface area contributed by atoms with Gasteiger partial charge in [0.05, 0.1) is 6.61 Å². The summed E-state index contributed by atoms with van der Waals surface area (Å²) in [4.78, 5) is 2.14. The van der Waals surface area contributed by atoms with Crippen molar-refractivity contribution in [2.45, 2.75) is 18.8 Å². The van der Waals surface area contributed by atoms with E-state index in [4.69, 9.17) is 5.02 Å². The molecule has 0 aromatic carbocycles. The molecule has 1 saturated heterocycles. The molecule has 4 nitrogen and oxygen atoms in total. The number of hydrogen-bond donors (Lipinski definition) is 3. The van der Waals surface area contributed by atoms with Crippen LogP contribution in [0, 0.1) is 0 Å². The van der Waals surface area contributed by atoms with E-state index in [0.29, 0.717) is 0 Å². The minimum absolute atomic E-state index is 0.0856. The zero-order valence-corrected chi connectivity index (χ0v) is 7.75. The molecule has 0 amide bonds. The van der Waals surface area contributed by atoms with Crippen LogP contribution in [0.5, 0.6) is 0 Å². The number of nitrogens with one attached hydrogen (secondary N) is 1. The summed E-state index contributed by atoms with van der Waals surface area (Å²) < 4.78 is 0. The van der Waals surface area contributed by atoms with Crippen molar-refractivity contribution in [2.75, 3.05) is 26.7 Å². The molecule has 0 aromatic heterocycles. The van der Waals surface area contributed by atoms with Crippen LogP contribution in [0.4, 0.5) is 0 Å². The lowest BCUT2D eigenvalue weighted by molar-refractivity contribution is 0.180. The fourth-order valence-electron chi connectivity index (χ4n) is 1.82. The number of rotatable bonds is 3. The third-order valence-electron chi connectivity index (χ3n) is 2.36. The number of aliphatic hydroxyl groups is 1. The SMILES string of the molecule is CB(O)N[C@]1(CO)CCN(C)C1. The minimum atomic E-state index is -0.552. The topological polar surface area (TPSA) is 55.7 Å². The first-order valence-electron chi connectivity index (χ1n) is 4.33. The molecule has 1 heterocycles. The van der Waals surface area contributed by atoms with Crippen molar-refractivity contribution in [1.82, 2.24) is 10.1 Å². The maximum Gasteiger partial charge on any atom is 0.374 e. The largest absolute Gasteiger partial charge is 0.437 e. The van der Waals surface area contributed by atoms with Crippen LogP contribution in [0.1, 0.15) is 6.42 Å². The first-order valence-corrected chi connectivity index (χ1v) is 4.33. The molecule has 1 rings (SSSR count). The summed E-state index contributed by atoms with van der Waals surface area (Å²) in [5.41, 5.74) is -0.289. The van der Waals surface area contributed by atoms with Gasteiger partial charge in [0, 0.05) is 12.1 Å². The maximum absolute atomic E-state index is 9.18. The van der Waals surface area contributed by atoms with Gasteiger partial charge >= 0.3 is 7.05 Å². The summed E-state index contributed by atoms with van der Waals surface area (Å²) in [6.45, 7) is 3.53. The average Bonchev–Trinajstić information content (AvgIpc) is 2.32. The fraction of sp³-hybridized carbons (Fsp3) is 1.00. The van der Waals surface area contributed by atoms with Crippen LogP contribution in [-0.2, 0) is 0 Å². The Morgan fingerprint density at radius 2 is 2.33 bits per heavy atom. The Labute approximate surface area is 73.7 Å². The van der Waals surface area contributed by atoms with Gasteiger partial charge in [-0.2, -0.15) is 0 Å². The van der Waals surface area contributed by atoms with Gasteiger partial charge in [-0.25, -0.2) is 0 Å². The van der Waals surface area contributed by atoms with Crippen molar-refractivity contribution in [3.05, 3.63) is 0 Å². The molecule has 3 N–H and O–H groups in total. The zero-order valence-electron chi connectivity index (χ0n) is 7.75. The van der Waals surface area contributed by atoms with Crippen LogP contribution in [0.3, 0.4) is 0 Å². The summed E-state index contributed by atoms with van der Waals surface area (Å²) >= 11 is 0. The number of nitrogens with zero attached hydrogens (tertiary/aromatic N) is 1. The molecule has 0 aliphatic carbocycles. The monoisotopic (exact) mass is 172 g/mol. The normalized spacial score (nSPS) is 31.0. The minimum Gasteiger partial charge on any atom is -0.437 e. The molecule has 12 heavy (non-hydrogen) atoms. The Morgan fingerprint density at radius 3 is 2.67 bits per heavy atom. The van der Waals surface area contributed by atoms with Crippen LogP contribution >= 0.6 is 0 Å². The van der Waals surface area contributed by atoms with Gasteiger partial charge in [0.15, 0.2) is 0 Å². The molecule has 1 fully saturated rings. The molecule has 1 aliphatic heterocycles. The molecule has 70 valence electrons. The summed E-state index contributed by atoms with van der Waals surface area (Å²) in [6.07, 6.45) is 0.894. The Bertz CT molecular complexity index is 156. The van der Waals surface area contributed by atoms with E-state index in [2.05, 4.69) is 10.1 Å². The molecule has 5 heteroatoms. The lowest BCUT2D eigenvalue weighted by atomic mass is 9.82. The van der Waals surface area contributed by atoms with Crippen molar-refractivity contribution in [2.24, 2.45) is 0 Å². The molecule has 0 radical (unpaired) electrons. The highest BCUT2D eigenvalue weighted by Crippen LogP contribution is 2.19. The van der Waals surface area contributed by atoms with Gasteiger partial charge in [0.1, 0.15) is 0 Å². The number of hydrogen-bond acceptors (Lipinski definition) is 4. The summed E-state index contributed by atoms with van der Waals surface area (Å²) in [5.74, 6) is 0. The van der Waals surface area contributed by atoms with Gasteiger partial charge < -0.3 is 20.3 Å². The number of likely N-dealkylation sites (tertiary alicyclic amines) is 1. The first-order chi connectivity index (χ1) is 5.58. The molecule has 0 bridgehead atoms. The fourth-order valence-corrected chi connectivity index (χ4v) is 1.82. The molecular weight excluding hydrogens is 155 g/mol. The molecule has 1 aliphatic rings. The molecule has 0 spiro atoms. The van der Waals surface area contributed by atoms with Gasteiger partial charge in [-0.15, -0.1) is 0 Å². The zero-order chi connectivity index (χ0) is 9.19. The van der Waals surface area contributed by atoms with E-state index in [-0.39, 0.29) is 12.1 Å². The van der Waals surface area contributed by atoms with Crippen molar-refractivity contribution in [1.29, 1.82) is 0 Å². The van der Waals surface area contributed by atoms with Crippen molar-refractivity contribution in [3.8, 4) is 0 Å². The second-order valence-corrected chi connectivity index (χ2v) is 3.75. The predicted molar refractivity (Wildman–Crippen MR) is 48.9 cm³/mol. The summed E-state index contributed by atoms with van der Waals surface area (Å²) in [5, 5.41) is 21.3. The molecule has 0 unspecified atom stereocenters. The van der Waals surface area contributed by atoms with E-state index in [1.165, 1.54) is 0 Å². The number of likely N-dealkylation sites (N-methyl/N-ethyl adjacent to an activating group) is 1. The van der Waals surface area contributed by atoms with Crippen molar-refractivity contribution >= 4 is 7.05 Å². The molecule has 0 aromatic rings. The van der Waals surface area contributed by atoms with E-state index >= 15 is 0 Å². The highest BCUT2D eigenvalue weighted by Gasteiger charge is 2.37. The Morgan fingerprint density at radius 1 is 1.67 bits per heavy atom. The highest BCUT2D eigenvalue weighted by molar-refractivity contribution is 6.45. The lowest BCUT2D eigenvalue weighted by Gasteiger charge is -2.28. The van der Waals surface area contributed by atoms with Crippen molar-refractivity contribution in [3.63, 3.8) is 0 Å².